The van der Waals surface area contributed by atoms with Crippen LogP contribution in [-0.2, 0) is 24.1 Å². The molecule has 0 radical (unpaired) electrons. The van der Waals surface area contributed by atoms with E-state index in [9.17, 15) is 0 Å². The Morgan fingerprint density at radius 1 is 1.12 bits per heavy atom. The van der Waals surface area contributed by atoms with Crippen LogP contribution in [0.15, 0.2) is 24.7 Å². The summed E-state index contributed by atoms with van der Waals surface area (Å²) >= 11 is 0. The quantitative estimate of drug-likeness (QED) is 0.574. The summed E-state index contributed by atoms with van der Waals surface area (Å²) in [6, 6.07) is 3.30. The van der Waals surface area contributed by atoms with Gasteiger partial charge in [0.05, 0.1) is 49.8 Å². The zero-order valence-corrected chi connectivity index (χ0v) is 21.0. The third-order valence-electron chi connectivity index (χ3n) is 7.61. The van der Waals surface area contributed by atoms with Gasteiger partial charge >= 0.3 is 0 Å². The minimum Gasteiger partial charge on any atom is -0.481 e. The molecule has 2 aliphatic heterocycles. The van der Waals surface area contributed by atoms with Gasteiger partial charge < -0.3 is 14.4 Å². The third kappa shape index (κ3) is 4.36. The molecule has 5 heterocycles. The average molecular weight is 465 g/mol. The molecule has 5 rings (SSSR count). The van der Waals surface area contributed by atoms with Gasteiger partial charge in [0.15, 0.2) is 0 Å². The molecule has 8 heteroatoms. The van der Waals surface area contributed by atoms with E-state index >= 15 is 0 Å². The Labute approximate surface area is 201 Å². The second kappa shape index (κ2) is 9.50. The molecule has 1 saturated heterocycles. The van der Waals surface area contributed by atoms with Crippen molar-refractivity contribution in [3.63, 3.8) is 0 Å². The van der Waals surface area contributed by atoms with Gasteiger partial charge in [-0.25, -0.2) is 9.67 Å². The molecular weight excluding hydrogens is 428 g/mol. The highest BCUT2D eigenvalue weighted by atomic mass is 16.5. The molecule has 3 aromatic heterocycles. The number of aryl methyl sites for hydroxylation is 1. The minimum absolute atomic E-state index is 0.608. The smallest absolute Gasteiger partial charge is 0.216 e. The lowest BCUT2D eigenvalue weighted by Crippen LogP contribution is -2.44. The predicted octanol–water partition coefficient (Wildman–Crippen LogP) is 3.68. The van der Waals surface area contributed by atoms with Crippen LogP contribution in [0.4, 0.5) is 0 Å². The molecule has 8 nitrogen and oxygen atoms in total. The fraction of sp³-hybridized carbons (Fsp3) is 0.577. The number of methoxy groups -OCH3 is 1. The summed E-state index contributed by atoms with van der Waals surface area (Å²) in [5, 5.41) is 9.83. The van der Waals surface area contributed by atoms with Gasteiger partial charge in [-0.05, 0) is 59.1 Å². The van der Waals surface area contributed by atoms with Crippen molar-refractivity contribution in [3.05, 3.63) is 41.5 Å². The first-order valence-corrected chi connectivity index (χ1v) is 12.4. The van der Waals surface area contributed by atoms with Crippen molar-refractivity contribution in [1.29, 1.82) is 0 Å². The van der Waals surface area contributed by atoms with Gasteiger partial charge in [-0.1, -0.05) is 0 Å². The highest BCUT2D eigenvalue weighted by Crippen LogP contribution is 2.32. The maximum atomic E-state index is 5.81. The number of rotatable bonds is 5. The number of piperidine rings is 1. The normalized spacial score (nSPS) is 23.5. The van der Waals surface area contributed by atoms with Crippen molar-refractivity contribution in [3.8, 4) is 22.8 Å². The summed E-state index contributed by atoms with van der Waals surface area (Å²) in [7, 11) is 3.89. The van der Waals surface area contributed by atoms with E-state index in [2.05, 4.69) is 47.7 Å². The first kappa shape index (κ1) is 23.1. The number of nitrogens with zero attached hydrogens (tertiary/aromatic N) is 6. The van der Waals surface area contributed by atoms with E-state index in [-0.39, 0.29) is 0 Å². The number of pyridine rings is 1. The summed E-state index contributed by atoms with van der Waals surface area (Å²) in [5.74, 6) is 1.29. The highest BCUT2D eigenvalue weighted by Gasteiger charge is 2.29. The first-order chi connectivity index (χ1) is 16.4. The molecule has 0 aromatic carbocycles. The number of aromatic nitrogens is 5. The number of hydrogen-bond donors (Lipinski definition) is 0. The minimum atomic E-state index is 0.608. The molecule has 0 bridgehead atoms. The topological polar surface area (TPSA) is 70.2 Å². The van der Waals surface area contributed by atoms with Crippen LogP contribution >= 0.6 is 0 Å². The lowest BCUT2D eigenvalue weighted by atomic mass is 9.87. The fourth-order valence-electron chi connectivity index (χ4n) is 5.60. The summed E-state index contributed by atoms with van der Waals surface area (Å²) < 4.78 is 15.3. The Morgan fingerprint density at radius 2 is 1.88 bits per heavy atom. The molecule has 34 heavy (non-hydrogen) atoms. The summed E-state index contributed by atoms with van der Waals surface area (Å²) in [6.07, 6.45) is 10.1. The van der Waals surface area contributed by atoms with Crippen LogP contribution < -0.4 is 4.74 Å². The van der Waals surface area contributed by atoms with Crippen molar-refractivity contribution in [2.75, 3.05) is 27.4 Å². The molecule has 1 fully saturated rings. The lowest BCUT2D eigenvalue weighted by molar-refractivity contribution is 0.0892. The van der Waals surface area contributed by atoms with E-state index in [1.807, 2.05) is 24.0 Å². The van der Waals surface area contributed by atoms with Gasteiger partial charge in [0.1, 0.15) is 0 Å². The van der Waals surface area contributed by atoms with Gasteiger partial charge in [0.25, 0.3) is 0 Å². The van der Waals surface area contributed by atoms with Gasteiger partial charge in [-0.2, -0.15) is 10.2 Å². The molecule has 3 atom stereocenters. The molecule has 0 unspecified atom stereocenters. The van der Waals surface area contributed by atoms with Crippen LogP contribution in [0.5, 0.6) is 5.88 Å². The second-order valence-electron chi connectivity index (χ2n) is 9.97. The molecule has 0 aliphatic carbocycles. The van der Waals surface area contributed by atoms with Crippen molar-refractivity contribution in [2.24, 2.45) is 5.92 Å². The zero-order chi connectivity index (χ0) is 23.8. The summed E-state index contributed by atoms with van der Waals surface area (Å²) in [6.45, 7) is 9.04. The van der Waals surface area contributed by atoms with Crippen LogP contribution in [0.25, 0.3) is 16.9 Å². The van der Waals surface area contributed by atoms with Gasteiger partial charge in [0.2, 0.25) is 5.88 Å². The molecule has 2 aliphatic rings. The standard InChI is InChI=1S/C26H36N6O2/c1-17-10-22(14-27-26(17)33-5)32-24-7-9-34-8-6-23(24)25(29-32)21-13-28-31(16-21)15-20-11-18(2)30(4)19(3)12-20/h10,13-14,16,18-20H,6-9,11-12,15H2,1-5H3/t18-,19+,20+. The number of hydrogen-bond acceptors (Lipinski definition) is 6. The molecular formula is C26H36N6O2. The Bertz CT molecular complexity index is 1140. The zero-order valence-electron chi connectivity index (χ0n) is 21.0. The number of likely N-dealkylation sites (tertiary alicyclic amines) is 1. The van der Waals surface area contributed by atoms with E-state index in [1.54, 1.807) is 7.11 Å². The number of ether oxygens (including phenoxy) is 2. The Hall–Kier alpha value is -2.71. The highest BCUT2D eigenvalue weighted by molar-refractivity contribution is 5.64. The van der Waals surface area contributed by atoms with Crippen molar-refractivity contribution in [2.45, 2.75) is 65.1 Å². The predicted molar refractivity (Wildman–Crippen MR) is 132 cm³/mol. The van der Waals surface area contributed by atoms with Gasteiger partial charge in [0, 0.05) is 47.9 Å². The Kier molecular flexibility index (Phi) is 6.44. The molecule has 0 amide bonds. The van der Waals surface area contributed by atoms with Crippen LogP contribution in [0.2, 0.25) is 0 Å². The van der Waals surface area contributed by atoms with Crippen molar-refractivity contribution < 1.29 is 9.47 Å². The van der Waals surface area contributed by atoms with Crippen LogP contribution in [0.1, 0.15) is 43.5 Å². The molecule has 0 N–H and O–H groups in total. The van der Waals surface area contributed by atoms with Crippen molar-refractivity contribution in [1.82, 2.24) is 29.4 Å². The SMILES string of the molecule is COc1ncc(-n2nc(-c3cnn(C[C@H]4C[C@@H](C)N(C)[C@@H](C)C4)c3)c3c2CCOCC3)cc1C. The maximum absolute atomic E-state index is 5.81. The largest absolute Gasteiger partial charge is 0.481 e. The van der Waals surface area contributed by atoms with E-state index in [4.69, 9.17) is 19.7 Å². The fourth-order valence-corrected chi connectivity index (χ4v) is 5.60. The Balaban J connectivity index is 1.45. The second-order valence-corrected chi connectivity index (χ2v) is 9.97. The summed E-state index contributed by atoms with van der Waals surface area (Å²) in [4.78, 5) is 6.97. The Morgan fingerprint density at radius 3 is 2.62 bits per heavy atom. The average Bonchev–Trinajstić information content (AvgIpc) is 3.34. The van der Waals surface area contributed by atoms with Crippen LogP contribution in [-0.4, -0.2) is 68.9 Å². The summed E-state index contributed by atoms with van der Waals surface area (Å²) in [5.41, 5.74) is 6.47. The van der Waals surface area contributed by atoms with Gasteiger partial charge in [-0.3, -0.25) is 4.68 Å². The molecule has 0 spiro atoms. The van der Waals surface area contributed by atoms with E-state index < -0.39 is 0 Å². The lowest BCUT2D eigenvalue weighted by Gasteiger charge is -2.40. The third-order valence-corrected chi connectivity index (χ3v) is 7.61. The van der Waals surface area contributed by atoms with E-state index in [0.29, 0.717) is 37.1 Å². The van der Waals surface area contributed by atoms with E-state index in [1.165, 1.54) is 24.1 Å². The van der Waals surface area contributed by atoms with E-state index in [0.717, 1.165) is 41.9 Å². The molecule has 3 aromatic rings. The van der Waals surface area contributed by atoms with Crippen LogP contribution in [0.3, 0.4) is 0 Å². The van der Waals surface area contributed by atoms with Crippen molar-refractivity contribution >= 4 is 0 Å². The monoisotopic (exact) mass is 464 g/mol. The van der Waals surface area contributed by atoms with Crippen LogP contribution in [0, 0.1) is 12.8 Å². The van der Waals surface area contributed by atoms with Gasteiger partial charge in [-0.15, -0.1) is 0 Å². The maximum Gasteiger partial charge on any atom is 0.216 e. The first-order valence-electron chi connectivity index (χ1n) is 12.4. The number of fused-ring (bicyclic) bond motifs is 1. The molecule has 0 saturated carbocycles. The molecule has 182 valence electrons.